The van der Waals surface area contributed by atoms with E-state index in [4.69, 9.17) is 0 Å². The number of phenolic OH excluding ortho intramolecular Hbond substituents is 1. The molecule has 0 radical (unpaired) electrons. The van der Waals surface area contributed by atoms with Crippen LogP contribution in [0.2, 0.25) is 0 Å². The Morgan fingerprint density at radius 3 is 2.61 bits per heavy atom. The highest BCUT2D eigenvalue weighted by molar-refractivity contribution is 5.80. The quantitative estimate of drug-likeness (QED) is 0.760. The fourth-order valence-corrected chi connectivity index (χ4v) is 2.12. The standard InChI is InChI=1S/C15H9F3N2O3/c16-15(17,18)23-8-5-6-12(21)10(7-8)13-19-11-4-2-1-3-9(11)14(22)20-13/h1-7,21H,(H,19,20,22). The van der Waals surface area contributed by atoms with E-state index in [1.807, 2.05) is 0 Å². The van der Waals surface area contributed by atoms with Crippen molar-refractivity contribution in [3.05, 3.63) is 52.8 Å². The summed E-state index contributed by atoms with van der Waals surface area (Å²) in [5, 5.41) is 10.2. The van der Waals surface area contributed by atoms with E-state index in [0.717, 1.165) is 18.2 Å². The van der Waals surface area contributed by atoms with E-state index in [1.165, 1.54) is 0 Å². The van der Waals surface area contributed by atoms with Crippen LogP contribution in [0.4, 0.5) is 13.2 Å². The molecule has 0 aliphatic rings. The van der Waals surface area contributed by atoms with Gasteiger partial charge in [0.1, 0.15) is 17.3 Å². The number of para-hydroxylation sites is 1. The summed E-state index contributed by atoms with van der Waals surface area (Å²) in [5.41, 5.74) is -0.186. The van der Waals surface area contributed by atoms with Crippen LogP contribution in [0, 0.1) is 0 Å². The second kappa shape index (κ2) is 5.31. The molecule has 0 unspecified atom stereocenters. The van der Waals surface area contributed by atoms with Crippen molar-refractivity contribution in [2.24, 2.45) is 0 Å². The number of nitrogens with one attached hydrogen (secondary N) is 1. The molecule has 2 aromatic carbocycles. The van der Waals surface area contributed by atoms with Crippen molar-refractivity contribution in [3.8, 4) is 22.9 Å². The molecule has 23 heavy (non-hydrogen) atoms. The monoisotopic (exact) mass is 322 g/mol. The molecule has 1 heterocycles. The average Bonchev–Trinajstić information content (AvgIpc) is 2.48. The number of fused-ring (bicyclic) bond motifs is 1. The number of benzene rings is 2. The minimum Gasteiger partial charge on any atom is -0.507 e. The Balaban J connectivity index is 2.14. The molecule has 0 spiro atoms. The maximum atomic E-state index is 12.3. The number of hydrogen-bond acceptors (Lipinski definition) is 4. The SMILES string of the molecule is O=c1[nH]c(-c2cc(OC(F)(F)F)ccc2O)nc2ccccc12. The minimum absolute atomic E-state index is 0.0566. The largest absolute Gasteiger partial charge is 0.573 e. The van der Waals surface area contributed by atoms with Gasteiger partial charge in [0.25, 0.3) is 5.56 Å². The van der Waals surface area contributed by atoms with Crippen LogP contribution in [0.5, 0.6) is 11.5 Å². The summed E-state index contributed by atoms with van der Waals surface area (Å²) in [5.74, 6) is -0.919. The molecular weight excluding hydrogens is 313 g/mol. The third kappa shape index (κ3) is 3.10. The van der Waals surface area contributed by atoms with Gasteiger partial charge in [0.2, 0.25) is 0 Å². The van der Waals surface area contributed by atoms with E-state index < -0.39 is 17.7 Å². The van der Waals surface area contributed by atoms with Gasteiger partial charge < -0.3 is 14.8 Å². The van der Waals surface area contributed by atoms with Crippen molar-refractivity contribution < 1.29 is 23.0 Å². The molecule has 0 saturated carbocycles. The van der Waals surface area contributed by atoms with Crippen molar-refractivity contribution in [2.75, 3.05) is 0 Å². The fourth-order valence-electron chi connectivity index (χ4n) is 2.12. The lowest BCUT2D eigenvalue weighted by molar-refractivity contribution is -0.274. The van der Waals surface area contributed by atoms with Crippen molar-refractivity contribution in [1.29, 1.82) is 0 Å². The van der Waals surface area contributed by atoms with Crippen LogP contribution >= 0.6 is 0 Å². The van der Waals surface area contributed by atoms with Crippen LogP contribution < -0.4 is 10.3 Å². The number of ether oxygens (including phenoxy) is 1. The van der Waals surface area contributed by atoms with Gasteiger partial charge in [-0.2, -0.15) is 0 Å². The minimum atomic E-state index is -4.86. The predicted molar refractivity (Wildman–Crippen MR) is 76.1 cm³/mol. The molecule has 0 aliphatic carbocycles. The third-order valence-corrected chi connectivity index (χ3v) is 3.07. The summed E-state index contributed by atoms with van der Waals surface area (Å²) in [4.78, 5) is 18.6. The highest BCUT2D eigenvalue weighted by Crippen LogP contribution is 2.32. The van der Waals surface area contributed by atoms with E-state index in [0.29, 0.717) is 10.9 Å². The first kappa shape index (κ1) is 14.9. The van der Waals surface area contributed by atoms with Crippen molar-refractivity contribution in [3.63, 3.8) is 0 Å². The van der Waals surface area contributed by atoms with Gasteiger partial charge in [0.15, 0.2) is 0 Å². The van der Waals surface area contributed by atoms with E-state index >= 15 is 0 Å². The Morgan fingerprint density at radius 1 is 1.13 bits per heavy atom. The molecule has 3 rings (SSSR count). The zero-order valence-corrected chi connectivity index (χ0v) is 11.4. The lowest BCUT2D eigenvalue weighted by Crippen LogP contribution is -2.17. The van der Waals surface area contributed by atoms with E-state index in [-0.39, 0.29) is 17.1 Å². The normalized spacial score (nSPS) is 11.6. The lowest BCUT2D eigenvalue weighted by atomic mass is 10.1. The summed E-state index contributed by atoms with van der Waals surface area (Å²) in [6.45, 7) is 0. The number of hydrogen-bond donors (Lipinski definition) is 2. The number of nitrogens with zero attached hydrogens (tertiary/aromatic N) is 1. The average molecular weight is 322 g/mol. The summed E-state index contributed by atoms with van der Waals surface area (Å²) < 4.78 is 40.7. The number of H-pyrrole nitrogens is 1. The molecule has 8 heteroatoms. The van der Waals surface area contributed by atoms with Crippen molar-refractivity contribution >= 4 is 10.9 Å². The van der Waals surface area contributed by atoms with Gasteiger partial charge in [-0.1, -0.05) is 12.1 Å². The molecule has 0 saturated heterocycles. The topological polar surface area (TPSA) is 75.2 Å². The molecule has 1 aromatic heterocycles. The Kier molecular flexibility index (Phi) is 3.44. The molecule has 0 bridgehead atoms. The van der Waals surface area contributed by atoms with Gasteiger partial charge in [-0.3, -0.25) is 4.79 Å². The van der Waals surface area contributed by atoms with E-state index in [2.05, 4.69) is 14.7 Å². The first-order chi connectivity index (χ1) is 10.8. The van der Waals surface area contributed by atoms with Crippen LogP contribution in [-0.4, -0.2) is 21.4 Å². The Bertz CT molecular complexity index is 935. The van der Waals surface area contributed by atoms with E-state index in [1.54, 1.807) is 24.3 Å². The summed E-state index contributed by atoms with van der Waals surface area (Å²) in [6.07, 6.45) is -4.86. The van der Waals surface area contributed by atoms with Gasteiger partial charge in [0, 0.05) is 0 Å². The fraction of sp³-hybridized carbons (Fsp3) is 0.0667. The molecule has 5 nitrogen and oxygen atoms in total. The number of rotatable bonds is 2. The van der Waals surface area contributed by atoms with Crippen molar-refractivity contribution in [1.82, 2.24) is 9.97 Å². The second-order valence-corrected chi connectivity index (χ2v) is 4.66. The first-order valence-electron chi connectivity index (χ1n) is 6.42. The molecule has 0 aliphatic heterocycles. The summed E-state index contributed by atoms with van der Waals surface area (Å²) >= 11 is 0. The molecular formula is C15H9F3N2O3. The molecule has 0 atom stereocenters. The number of phenols is 1. The van der Waals surface area contributed by atoms with Gasteiger partial charge in [-0.25, -0.2) is 4.98 Å². The summed E-state index contributed by atoms with van der Waals surface area (Å²) in [6, 6.07) is 9.43. The zero-order chi connectivity index (χ0) is 16.6. The molecule has 0 amide bonds. The Labute approximate surface area is 127 Å². The second-order valence-electron chi connectivity index (χ2n) is 4.66. The Morgan fingerprint density at radius 2 is 1.87 bits per heavy atom. The first-order valence-corrected chi connectivity index (χ1v) is 6.42. The lowest BCUT2D eigenvalue weighted by Gasteiger charge is -2.11. The Hall–Kier alpha value is -3.03. The van der Waals surface area contributed by atoms with Crippen LogP contribution in [-0.2, 0) is 0 Å². The highest BCUT2D eigenvalue weighted by Gasteiger charge is 2.31. The van der Waals surface area contributed by atoms with Crippen LogP contribution in [0.1, 0.15) is 0 Å². The number of aromatic nitrogens is 2. The maximum absolute atomic E-state index is 12.3. The zero-order valence-electron chi connectivity index (χ0n) is 11.4. The molecule has 2 N–H and O–H groups in total. The van der Waals surface area contributed by atoms with Crippen molar-refractivity contribution in [2.45, 2.75) is 6.36 Å². The molecule has 3 aromatic rings. The smallest absolute Gasteiger partial charge is 0.507 e. The third-order valence-electron chi connectivity index (χ3n) is 3.07. The van der Waals surface area contributed by atoms with Gasteiger partial charge in [0.05, 0.1) is 16.5 Å². The van der Waals surface area contributed by atoms with E-state index in [9.17, 15) is 23.1 Å². The maximum Gasteiger partial charge on any atom is 0.573 e. The van der Waals surface area contributed by atoms with Crippen LogP contribution in [0.3, 0.4) is 0 Å². The molecule has 0 fully saturated rings. The molecule has 118 valence electrons. The number of aromatic amines is 1. The van der Waals surface area contributed by atoms with Crippen LogP contribution in [0.25, 0.3) is 22.3 Å². The highest BCUT2D eigenvalue weighted by atomic mass is 19.4. The van der Waals surface area contributed by atoms with Gasteiger partial charge >= 0.3 is 6.36 Å². The van der Waals surface area contributed by atoms with Gasteiger partial charge in [-0.05, 0) is 30.3 Å². The number of aromatic hydroxyl groups is 1. The summed E-state index contributed by atoms with van der Waals surface area (Å²) in [7, 11) is 0. The predicted octanol–water partition coefficient (Wildman–Crippen LogP) is 3.19. The van der Waals surface area contributed by atoms with Crippen LogP contribution in [0.15, 0.2) is 47.3 Å². The number of halogens is 3. The number of alkyl halides is 3. The van der Waals surface area contributed by atoms with Gasteiger partial charge in [-0.15, -0.1) is 13.2 Å².